The number of hydrogen-bond acceptors (Lipinski definition) is 4. The van der Waals surface area contributed by atoms with Gasteiger partial charge in [-0.25, -0.2) is 0 Å². The van der Waals surface area contributed by atoms with Gasteiger partial charge in [-0.2, -0.15) is 0 Å². The highest BCUT2D eigenvalue weighted by atomic mass is 19.4. The van der Waals surface area contributed by atoms with Crippen LogP contribution in [0.1, 0.15) is 29.6 Å². The number of piperidine rings is 1. The fourth-order valence-electron chi connectivity index (χ4n) is 3.92. The van der Waals surface area contributed by atoms with Gasteiger partial charge in [-0.3, -0.25) is 9.59 Å². The second-order valence-corrected chi connectivity index (χ2v) is 7.37. The summed E-state index contributed by atoms with van der Waals surface area (Å²) in [6.07, 6.45) is -0.759. The largest absolute Gasteiger partial charge is 0.573 e. The molecule has 6 nitrogen and oxygen atoms in total. The average Bonchev–Trinajstić information content (AvgIpc) is 2.74. The van der Waals surface area contributed by atoms with Crippen molar-refractivity contribution in [1.29, 1.82) is 0 Å². The van der Waals surface area contributed by atoms with Crippen molar-refractivity contribution < 1.29 is 22.7 Å². The predicted molar refractivity (Wildman–Crippen MR) is 111 cm³/mol. The van der Waals surface area contributed by atoms with Crippen LogP contribution in [0.2, 0.25) is 0 Å². The highest BCUT2D eigenvalue weighted by Gasteiger charge is 2.33. The average molecular weight is 431 g/mol. The van der Waals surface area contributed by atoms with E-state index in [0.717, 1.165) is 19.3 Å². The molecule has 31 heavy (non-hydrogen) atoms. The number of ether oxygens (including phenoxy) is 1. The number of benzene rings is 2. The van der Waals surface area contributed by atoms with E-state index in [1.165, 1.54) is 18.3 Å². The lowest BCUT2D eigenvalue weighted by atomic mass is 10.1. The van der Waals surface area contributed by atoms with Crippen LogP contribution in [0.15, 0.2) is 53.5 Å². The molecule has 3 aromatic rings. The molecule has 2 N–H and O–H groups in total. The van der Waals surface area contributed by atoms with E-state index in [-0.39, 0.29) is 16.7 Å². The molecule has 1 aliphatic heterocycles. The van der Waals surface area contributed by atoms with E-state index < -0.39 is 17.7 Å². The summed E-state index contributed by atoms with van der Waals surface area (Å²) in [5.41, 5.74) is 5.98. The minimum atomic E-state index is -4.82. The molecule has 2 heterocycles. The molecule has 0 bridgehead atoms. The summed E-state index contributed by atoms with van der Waals surface area (Å²) in [6.45, 7) is 1.21. The third-order valence-electron chi connectivity index (χ3n) is 5.32. The predicted octanol–water partition coefficient (Wildman–Crippen LogP) is 3.98. The Morgan fingerprint density at radius 1 is 1.03 bits per heavy atom. The molecular weight excluding hydrogens is 411 g/mol. The number of nitrogens with zero attached hydrogens (tertiary/aromatic N) is 2. The monoisotopic (exact) mass is 431 g/mol. The van der Waals surface area contributed by atoms with E-state index in [0.29, 0.717) is 30.0 Å². The zero-order valence-corrected chi connectivity index (χ0v) is 16.5. The molecule has 1 aliphatic rings. The molecule has 0 unspecified atom stereocenters. The van der Waals surface area contributed by atoms with Crippen LogP contribution >= 0.6 is 0 Å². The Labute approximate surface area is 175 Å². The number of hydrogen-bond donors (Lipinski definition) is 1. The maximum atomic E-state index is 13.0. The Morgan fingerprint density at radius 2 is 1.74 bits per heavy atom. The zero-order chi connectivity index (χ0) is 22.2. The van der Waals surface area contributed by atoms with Gasteiger partial charge in [0.2, 0.25) is 5.43 Å². The molecule has 0 radical (unpaired) electrons. The number of carbonyl (C=O) groups excluding carboxylic acids is 1. The minimum absolute atomic E-state index is 0.200. The maximum Gasteiger partial charge on any atom is 0.573 e. The van der Waals surface area contributed by atoms with E-state index in [4.69, 9.17) is 5.73 Å². The Bertz CT molecular complexity index is 1200. The Morgan fingerprint density at radius 3 is 2.42 bits per heavy atom. The second kappa shape index (κ2) is 7.98. The van der Waals surface area contributed by atoms with Crippen LogP contribution in [-0.4, -0.2) is 29.9 Å². The molecule has 162 valence electrons. The Hall–Kier alpha value is -3.49. The Balaban J connectivity index is 1.92. The SMILES string of the molecule is NC(=O)c1cn(-c2ccc(OC(F)(F)F)c(N3CCCCC3)c2)c2ccccc2c1=O. The van der Waals surface area contributed by atoms with E-state index >= 15 is 0 Å². The molecule has 1 aromatic heterocycles. The maximum absolute atomic E-state index is 13.0. The number of nitrogens with two attached hydrogens (primary N) is 1. The van der Waals surface area contributed by atoms with Crippen molar-refractivity contribution >= 4 is 22.5 Å². The molecule has 9 heteroatoms. The summed E-state index contributed by atoms with van der Waals surface area (Å²) in [4.78, 5) is 26.3. The van der Waals surface area contributed by atoms with Gasteiger partial charge in [-0.05, 0) is 49.6 Å². The number of amides is 1. The molecule has 0 aliphatic carbocycles. The standard InChI is InChI=1S/C22H20F3N3O3/c23-22(24,25)31-19-9-8-14(12-18(19)27-10-4-1-5-11-27)28-13-16(21(26)30)20(29)15-6-2-3-7-17(15)28/h2-3,6-9,12-13H,1,4-5,10-11H2,(H2,26,30). The van der Waals surface area contributed by atoms with Crippen molar-refractivity contribution in [1.82, 2.24) is 4.57 Å². The van der Waals surface area contributed by atoms with Gasteiger partial charge >= 0.3 is 6.36 Å². The lowest BCUT2D eigenvalue weighted by Gasteiger charge is -2.31. The first-order valence-electron chi connectivity index (χ1n) is 9.84. The number of primary amides is 1. The van der Waals surface area contributed by atoms with Crippen molar-refractivity contribution in [3.8, 4) is 11.4 Å². The summed E-state index contributed by atoms with van der Waals surface area (Å²) in [7, 11) is 0. The van der Waals surface area contributed by atoms with Crippen LogP contribution in [0.3, 0.4) is 0 Å². The molecular formula is C22H20F3N3O3. The summed E-state index contributed by atoms with van der Waals surface area (Å²) in [6, 6.07) is 11.0. The fraction of sp³-hybridized carbons (Fsp3) is 0.273. The van der Waals surface area contributed by atoms with Gasteiger partial charge in [0.05, 0.1) is 11.2 Å². The number of carbonyl (C=O) groups is 1. The molecule has 1 saturated heterocycles. The van der Waals surface area contributed by atoms with Gasteiger partial charge in [-0.1, -0.05) is 12.1 Å². The quantitative estimate of drug-likeness (QED) is 0.678. The molecule has 0 spiro atoms. The normalized spacial score (nSPS) is 14.6. The second-order valence-electron chi connectivity index (χ2n) is 7.37. The van der Waals surface area contributed by atoms with Crippen molar-refractivity contribution in [2.75, 3.05) is 18.0 Å². The lowest BCUT2D eigenvalue weighted by molar-refractivity contribution is -0.274. The third-order valence-corrected chi connectivity index (χ3v) is 5.32. The summed E-state index contributed by atoms with van der Waals surface area (Å²) >= 11 is 0. The van der Waals surface area contributed by atoms with E-state index in [1.54, 1.807) is 34.9 Å². The number of aromatic nitrogens is 1. The third kappa shape index (κ3) is 4.21. The molecule has 0 atom stereocenters. The summed E-state index contributed by atoms with van der Waals surface area (Å²) in [5, 5.41) is 0.286. The zero-order valence-electron chi connectivity index (χ0n) is 16.5. The van der Waals surface area contributed by atoms with Gasteiger partial charge in [0.1, 0.15) is 5.56 Å². The van der Waals surface area contributed by atoms with Crippen LogP contribution in [0.25, 0.3) is 16.6 Å². The first-order chi connectivity index (χ1) is 14.7. The topological polar surface area (TPSA) is 77.6 Å². The van der Waals surface area contributed by atoms with Crippen LogP contribution in [0.4, 0.5) is 18.9 Å². The fourth-order valence-corrected chi connectivity index (χ4v) is 3.92. The lowest BCUT2D eigenvalue weighted by Crippen LogP contribution is -2.30. The highest BCUT2D eigenvalue weighted by Crippen LogP contribution is 2.36. The van der Waals surface area contributed by atoms with Crippen molar-refractivity contribution in [3.63, 3.8) is 0 Å². The number of rotatable bonds is 4. The smallest absolute Gasteiger partial charge is 0.404 e. The highest BCUT2D eigenvalue weighted by molar-refractivity contribution is 5.96. The Kier molecular flexibility index (Phi) is 5.34. The summed E-state index contributed by atoms with van der Waals surface area (Å²) in [5.74, 6) is -1.17. The number of fused-ring (bicyclic) bond motifs is 1. The van der Waals surface area contributed by atoms with Crippen molar-refractivity contribution in [2.24, 2.45) is 5.73 Å². The summed E-state index contributed by atoms with van der Waals surface area (Å²) < 4.78 is 44.8. The van der Waals surface area contributed by atoms with Crippen LogP contribution in [0.5, 0.6) is 5.75 Å². The van der Waals surface area contributed by atoms with E-state index in [9.17, 15) is 22.8 Å². The minimum Gasteiger partial charge on any atom is -0.404 e. The van der Waals surface area contributed by atoms with Crippen LogP contribution in [0, 0.1) is 0 Å². The number of halogens is 3. The first kappa shape index (κ1) is 20.8. The first-order valence-corrected chi connectivity index (χ1v) is 9.84. The van der Waals surface area contributed by atoms with Gasteiger partial charge in [-0.15, -0.1) is 13.2 Å². The van der Waals surface area contributed by atoms with Gasteiger partial charge in [0, 0.05) is 30.4 Å². The number of pyridine rings is 1. The number of anilines is 1. The van der Waals surface area contributed by atoms with E-state index in [2.05, 4.69) is 4.74 Å². The van der Waals surface area contributed by atoms with Gasteiger partial charge in [0.25, 0.3) is 5.91 Å². The molecule has 2 aromatic carbocycles. The van der Waals surface area contributed by atoms with E-state index in [1.807, 2.05) is 4.90 Å². The molecule has 1 fully saturated rings. The molecule has 4 rings (SSSR count). The molecule has 0 saturated carbocycles. The van der Waals surface area contributed by atoms with Gasteiger partial charge in [0.15, 0.2) is 5.75 Å². The van der Waals surface area contributed by atoms with Crippen LogP contribution < -0.4 is 20.8 Å². The van der Waals surface area contributed by atoms with Crippen molar-refractivity contribution in [2.45, 2.75) is 25.6 Å². The number of para-hydroxylation sites is 1. The van der Waals surface area contributed by atoms with Gasteiger partial charge < -0.3 is 19.9 Å². The number of alkyl halides is 3. The van der Waals surface area contributed by atoms with Crippen molar-refractivity contribution in [3.05, 3.63) is 64.4 Å². The van der Waals surface area contributed by atoms with Crippen LogP contribution in [-0.2, 0) is 0 Å². The molecule has 1 amide bonds.